The fourth-order valence-electron chi connectivity index (χ4n) is 10.1. The van der Waals surface area contributed by atoms with Crippen LogP contribution in [0.25, 0.3) is 0 Å². The van der Waals surface area contributed by atoms with Gasteiger partial charge in [0.2, 0.25) is 11.8 Å². The molecule has 2 heterocycles. The van der Waals surface area contributed by atoms with Crippen molar-refractivity contribution in [3.05, 3.63) is 130 Å². The van der Waals surface area contributed by atoms with Crippen LogP contribution in [-0.2, 0) is 22.7 Å². The van der Waals surface area contributed by atoms with Crippen molar-refractivity contribution in [3.63, 3.8) is 0 Å². The molecule has 54 heavy (non-hydrogen) atoms. The number of hydrogen-bond donors (Lipinski definition) is 2. The van der Waals surface area contributed by atoms with E-state index in [9.17, 15) is 9.59 Å². The molecule has 4 aromatic rings. The lowest BCUT2D eigenvalue weighted by molar-refractivity contribution is -0.121. The van der Waals surface area contributed by atoms with Crippen molar-refractivity contribution in [1.82, 2.24) is 9.80 Å². The Morgan fingerprint density at radius 3 is 1.69 bits per heavy atom. The number of benzene rings is 4. The molecule has 6 atom stereocenters. The molecule has 0 bridgehead atoms. The Morgan fingerprint density at radius 1 is 0.556 bits per heavy atom. The Morgan fingerprint density at radius 2 is 1.11 bits per heavy atom. The highest BCUT2D eigenvalue weighted by Crippen LogP contribution is 2.65. The molecule has 0 spiro atoms. The molecule has 6 fully saturated rings. The smallest absolute Gasteiger partial charge is 0.241 e. The molecule has 2 aliphatic heterocycles. The Balaban J connectivity index is 0.693. The van der Waals surface area contributed by atoms with E-state index in [0.717, 1.165) is 86.9 Å². The van der Waals surface area contributed by atoms with Gasteiger partial charge in [-0.1, -0.05) is 72.8 Å². The largest absolute Gasteiger partial charge is 0.325 e. The molecule has 4 aromatic carbocycles. The summed E-state index contributed by atoms with van der Waals surface area (Å²) in [5, 5.41) is 6.50. The number of carbonyl (C=O) groups excluding carboxylic acids is 2. The van der Waals surface area contributed by atoms with Gasteiger partial charge in [-0.25, -0.2) is 0 Å². The van der Waals surface area contributed by atoms with Crippen molar-refractivity contribution in [2.45, 2.75) is 113 Å². The van der Waals surface area contributed by atoms with Gasteiger partial charge in [0.05, 0.1) is 12.1 Å². The van der Waals surface area contributed by atoms with Crippen LogP contribution in [0.4, 0.5) is 11.4 Å². The van der Waals surface area contributed by atoms with Crippen LogP contribution in [-0.4, -0.2) is 46.8 Å². The third kappa shape index (κ3) is 7.40. The van der Waals surface area contributed by atoms with Crippen molar-refractivity contribution in [2.24, 2.45) is 11.8 Å². The minimum absolute atomic E-state index is 0.0652. The average Bonchev–Trinajstić information content (AvgIpc) is 4.00. The minimum Gasteiger partial charge on any atom is -0.325 e. The molecular weight excluding hydrogens is 665 g/mol. The molecule has 6 aliphatic rings. The maximum atomic E-state index is 13.5. The SMILES string of the molecule is O=C(Nc1ccc(C2CC2C2CC2c2ccc(NC(=O)[C@H]3CCCN3Cc3ccccc3C3CC3)cc2)cc1)[C@H]1CCCN1Cc1cccc(C2CC2)c1. The van der Waals surface area contributed by atoms with E-state index in [1.54, 1.807) is 0 Å². The Hall–Kier alpha value is -4.26. The van der Waals surface area contributed by atoms with Gasteiger partial charge in [0, 0.05) is 24.5 Å². The van der Waals surface area contributed by atoms with Crippen LogP contribution in [0.1, 0.15) is 121 Å². The second-order valence-corrected chi connectivity index (χ2v) is 17.5. The number of likely N-dealkylation sites (tertiary alicyclic amines) is 2. The average molecular weight is 719 g/mol. The van der Waals surface area contributed by atoms with E-state index in [-0.39, 0.29) is 23.9 Å². The molecule has 2 saturated heterocycles. The topological polar surface area (TPSA) is 64.7 Å². The van der Waals surface area contributed by atoms with Gasteiger partial charge in [-0.2, -0.15) is 0 Å². The lowest BCUT2D eigenvalue weighted by Gasteiger charge is -2.25. The van der Waals surface area contributed by atoms with Crippen LogP contribution >= 0.6 is 0 Å². The van der Waals surface area contributed by atoms with Crippen LogP contribution < -0.4 is 10.6 Å². The third-order valence-electron chi connectivity index (χ3n) is 13.6. The predicted molar refractivity (Wildman–Crippen MR) is 216 cm³/mol. The zero-order valence-electron chi connectivity index (χ0n) is 31.5. The molecular formula is C48H54N4O2. The van der Waals surface area contributed by atoms with E-state index in [1.165, 1.54) is 71.9 Å². The fourth-order valence-corrected chi connectivity index (χ4v) is 10.1. The predicted octanol–water partition coefficient (Wildman–Crippen LogP) is 9.55. The standard InChI is InChI=1S/C48H54N4O2/c53-47(45-10-4-24-51(45)29-31-6-3-8-36(26-31)32-12-13-32)49-38-20-16-34(17-21-38)41-27-43(41)44-28-42(44)35-18-22-39(23-19-35)50-48(54)46-11-5-25-52(46)30-37-7-1-2-9-40(37)33-14-15-33/h1-3,6-9,16-23,26,32-33,41-46H,4-5,10-15,24-25,27-30H2,(H,49,53)(H,50,54)/t41?,42?,43?,44?,45-,46-/m1/s1. The summed E-state index contributed by atoms with van der Waals surface area (Å²) in [5.74, 6) is 4.43. The summed E-state index contributed by atoms with van der Waals surface area (Å²) in [5.41, 5.74) is 10.3. The van der Waals surface area contributed by atoms with Gasteiger partial charge >= 0.3 is 0 Å². The zero-order valence-corrected chi connectivity index (χ0v) is 31.5. The molecule has 0 aromatic heterocycles. The number of hydrogen-bond acceptors (Lipinski definition) is 4. The summed E-state index contributed by atoms with van der Waals surface area (Å²) in [6.45, 7) is 3.68. The highest BCUT2D eigenvalue weighted by molar-refractivity contribution is 5.95. The van der Waals surface area contributed by atoms with Gasteiger partial charge in [0.25, 0.3) is 0 Å². The van der Waals surface area contributed by atoms with Crippen LogP contribution in [0.15, 0.2) is 97.1 Å². The van der Waals surface area contributed by atoms with E-state index in [2.05, 4.69) is 117 Å². The minimum atomic E-state index is -0.0677. The first-order valence-corrected chi connectivity index (χ1v) is 21.0. The second kappa shape index (κ2) is 14.4. The Kier molecular flexibility index (Phi) is 9.15. The van der Waals surface area contributed by atoms with Crippen molar-refractivity contribution < 1.29 is 9.59 Å². The first kappa shape index (κ1) is 34.2. The number of rotatable bonds is 13. The van der Waals surface area contributed by atoms with Crippen molar-refractivity contribution in [3.8, 4) is 0 Å². The van der Waals surface area contributed by atoms with Crippen LogP contribution in [0.2, 0.25) is 0 Å². The van der Waals surface area contributed by atoms with E-state index >= 15 is 0 Å². The maximum Gasteiger partial charge on any atom is 0.241 e. The van der Waals surface area contributed by atoms with Crippen molar-refractivity contribution in [1.29, 1.82) is 0 Å². The van der Waals surface area contributed by atoms with Gasteiger partial charge in [-0.3, -0.25) is 19.4 Å². The Labute approximate surface area is 320 Å². The number of carbonyl (C=O) groups is 2. The molecule has 2 amide bonds. The highest BCUT2D eigenvalue weighted by atomic mass is 16.2. The van der Waals surface area contributed by atoms with E-state index in [4.69, 9.17) is 0 Å². The lowest BCUT2D eigenvalue weighted by atomic mass is 10.0. The van der Waals surface area contributed by atoms with E-state index in [1.807, 2.05) is 0 Å². The quantitative estimate of drug-likeness (QED) is 0.145. The van der Waals surface area contributed by atoms with Crippen LogP contribution in [0.3, 0.4) is 0 Å². The number of nitrogens with one attached hydrogen (secondary N) is 2. The molecule has 6 heteroatoms. The number of nitrogens with zero attached hydrogens (tertiary/aromatic N) is 2. The number of anilines is 2. The summed E-state index contributed by atoms with van der Waals surface area (Å²) in [4.78, 5) is 31.6. The molecule has 10 rings (SSSR count). The van der Waals surface area contributed by atoms with Gasteiger partial charge < -0.3 is 10.6 Å². The second-order valence-electron chi connectivity index (χ2n) is 17.5. The molecule has 4 saturated carbocycles. The highest BCUT2D eigenvalue weighted by Gasteiger charge is 2.54. The summed E-state index contributed by atoms with van der Waals surface area (Å²) in [6, 6.07) is 35.1. The number of amides is 2. The van der Waals surface area contributed by atoms with Gasteiger partial charge in [0.15, 0.2) is 0 Å². The van der Waals surface area contributed by atoms with Crippen molar-refractivity contribution in [2.75, 3.05) is 23.7 Å². The molecule has 278 valence electrons. The van der Waals surface area contributed by atoms with Crippen LogP contribution in [0.5, 0.6) is 0 Å². The summed E-state index contributed by atoms with van der Waals surface area (Å²) in [6.07, 6.45) is 11.7. The molecule has 0 radical (unpaired) electrons. The van der Waals surface area contributed by atoms with Crippen LogP contribution in [0, 0.1) is 11.8 Å². The summed E-state index contributed by atoms with van der Waals surface area (Å²) >= 11 is 0. The third-order valence-corrected chi connectivity index (χ3v) is 13.6. The molecule has 6 nitrogen and oxygen atoms in total. The van der Waals surface area contributed by atoms with E-state index in [0.29, 0.717) is 11.8 Å². The molecule has 4 unspecified atom stereocenters. The lowest BCUT2D eigenvalue weighted by Crippen LogP contribution is -2.39. The summed E-state index contributed by atoms with van der Waals surface area (Å²) < 4.78 is 0. The van der Waals surface area contributed by atoms with Crippen molar-refractivity contribution >= 4 is 23.2 Å². The Bertz CT molecular complexity index is 2000. The van der Waals surface area contributed by atoms with Gasteiger partial charge in [-0.15, -0.1) is 0 Å². The first-order valence-electron chi connectivity index (χ1n) is 21.0. The summed E-state index contributed by atoms with van der Waals surface area (Å²) in [7, 11) is 0. The van der Waals surface area contributed by atoms with Gasteiger partial charge in [-0.05, 0) is 170 Å². The normalized spacial score (nSPS) is 27.9. The molecule has 2 N–H and O–H groups in total. The molecule has 4 aliphatic carbocycles. The zero-order chi connectivity index (χ0) is 36.2. The van der Waals surface area contributed by atoms with E-state index < -0.39 is 0 Å². The monoisotopic (exact) mass is 718 g/mol. The fraction of sp³-hybridized carbons (Fsp3) is 0.458. The van der Waals surface area contributed by atoms with Gasteiger partial charge in [0.1, 0.15) is 0 Å². The maximum absolute atomic E-state index is 13.5. The first-order chi connectivity index (χ1) is 26.5.